The standard InChI is InChI=1S/C15H14AsN3O5.C9H7NO2/c1-10(20)18-15-8-13(6-7-14(15)16(21,22)24-23)19-12-4-2-11(9-17)3-5-12;11-9(12)8-5-6-3-1-2-4-7(6)10-8/h2-8,19,23H,1H3,(H,18,20)(H,21,22);1-5,10H,(H,11,12). The fourth-order valence-electron chi connectivity index (χ4n) is 3.18. The Kier molecular flexibility index (Phi) is 8.32. The van der Waals surface area contributed by atoms with Crippen molar-refractivity contribution in [1.29, 1.82) is 5.26 Å². The first-order chi connectivity index (χ1) is 17.1. The molecule has 1 amide bonds. The number of fused-ring (bicyclic) bond motifs is 1. The maximum absolute atomic E-state index is 11.9. The molecule has 12 heteroatoms. The Morgan fingerprint density at radius 1 is 1.03 bits per heavy atom. The van der Waals surface area contributed by atoms with Gasteiger partial charge in [-0.1, -0.05) is 18.2 Å². The molecule has 36 heavy (non-hydrogen) atoms. The van der Waals surface area contributed by atoms with E-state index < -0.39 is 26.0 Å². The number of hydrogen-bond donors (Lipinski definition) is 6. The van der Waals surface area contributed by atoms with E-state index in [1.165, 1.54) is 25.1 Å². The number of amides is 1. The zero-order chi connectivity index (χ0) is 26.3. The summed E-state index contributed by atoms with van der Waals surface area (Å²) in [5.74, 6) is -1.37. The van der Waals surface area contributed by atoms with Gasteiger partial charge in [0.1, 0.15) is 5.69 Å². The van der Waals surface area contributed by atoms with Crippen LogP contribution in [0.5, 0.6) is 0 Å². The molecule has 0 aliphatic rings. The molecule has 0 saturated carbocycles. The topological polar surface area (TPSA) is 185 Å². The van der Waals surface area contributed by atoms with Gasteiger partial charge >= 0.3 is 146 Å². The van der Waals surface area contributed by atoms with Crippen LogP contribution in [-0.2, 0) is 12.4 Å². The summed E-state index contributed by atoms with van der Waals surface area (Å²) in [7, 11) is 0. The van der Waals surface area contributed by atoms with Gasteiger partial charge in [-0.3, -0.25) is 0 Å². The van der Waals surface area contributed by atoms with E-state index in [1.807, 2.05) is 30.3 Å². The molecule has 0 radical (unpaired) electrons. The predicted octanol–water partition coefficient (Wildman–Crippen LogP) is 3.18. The zero-order valence-corrected chi connectivity index (χ0v) is 20.7. The number of carboxylic acid groups (broad SMARTS) is 1. The Balaban J connectivity index is 0.000000249. The number of aromatic amines is 1. The summed E-state index contributed by atoms with van der Waals surface area (Å²) < 4.78 is 25.1. The number of aromatic nitrogens is 1. The third kappa shape index (κ3) is 6.62. The van der Waals surface area contributed by atoms with Crippen LogP contribution in [0, 0.1) is 11.3 Å². The van der Waals surface area contributed by atoms with Gasteiger partial charge in [0.15, 0.2) is 0 Å². The first-order valence-corrected chi connectivity index (χ1v) is 13.6. The van der Waals surface area contributed by atoms with E-state index in [0.29, 0.717) is 16.9 Å². The minimum absolute atomic E-state index is 0.0557. The van der Waals surface area contributed by atoms with Crippen molar-refractivity contribution in [2.75, 3.05) is 10.6 Å². The van der Waals surface area contributed by atoms with Crippen LogP contribution in [-0.4, -0.2) is 45.5 Å². The van der Waals surface area contributed by atoms with E-state index in [1.54, 1.807) is 30.3 Å². The molecule has 4 rings (SSSR count). The number of nitriles is 1. The number of rotatable bonds is 6. The summed E-state index contributed by atoms with van der Waals surface area (Å²) in [6.07, 6.45) is 0. The molecule has 6 N–H and O–H groups in total. The van der Waals surface area contributed by atoms with E-state index in [0.717, 1.165) is 10.9 Å². The van der Waals surface area contributed by atoms with Crippen LogP contribution in [0.1, 0.15) is 23.0 Å². The summed E-state index contributed by atoms with van der Waals surface area (Å²) >= 11 is -5.13. The normalized spacial score (nSPS) is 11.9. The number of benzene rings is 3. The van der Waals surface area contributed by atoms with E-state index in [-0.39, 0.29) is 15.7 Å². The van der Waals surface area contributed by atoms with Gasteiger partial charge in [-0.15, -0.1) is 0 Å². The maximum atomic E-state index is 11.9. The Labute approximate surface area is 207 Å². The number of para-hydroxylation sites is 1. The molecule has 0 fully saturated rings. The number of carbonyl (C=O) groups is 2. The average molecular weight is 552 g/mol. The smallest absolute Gasteiger partial charge is 0.352 e. The zero-order valence-electron chi connectivity index (χ0n) is 18.8. The number of H-pyrrole nitrogens is 1. The number of carbonyl (C=O) groups excluding carboxylic acids is 1. The predicted molar refractivity (Wildman–Crippen MR) is 132 cm³/mol. The molecule has 184 valence electrons. The molecule has 1 atom stereocenters. The second-order valence-electron chi connectivity index (χ2n) is 7.40. The molecule has 0 bridgehead atoms. The van der Waals surface area contributed by atoms with Crippen molar-refractivity contribution >= 4 is 58.4 Å². The molecular formula is C24H21AsN4O7. The monoisotopic (exact) mass is 552 g/mol. The van der Waals surface area contributed by atoms with Crippen LogP contribution in [0.15, 0.2) is 72.8 Å². The second kappa shape index (κ2) is 11.4. The summed E-state index contributed by atoms with van der Waals surface area (Å²) in [4.78, 5) is 24.6. The molecule has 1 heterocycles. The van der Waals surface area contributed by atoms with Crippen molar-refractivity contribution in [3.8, 4) is 6.07 Å². The van der Waals surface area contributed by atoms with Gasteiger partial charge in [0.05, 0.1) is 0 Å². The molecule has 4 aromatic rings. The van der Waals surface area contributed by atoms with Gasteiger partial charge in [0.25, 0.3) is 0 Å². The third-order valence-electron chi connectivity index (χ3n) is 4.79. The summed E-state index contributed by atoms with van der Waals surface area (Å²) in [5, 5.41) is 32.4. The number of nitrogens with one attached hydrogen (secondary N) is 3. The second-order valence-corrected chi connectivity index (χ2v) is 10.9. The molecule has 0 aliphatic heterocycles. The molecule has 0 spiro atoms. The quantitative estimate of drug-likeness (QED) is 0.119. The summed E-state index contributed by atoms with van der Waals surface area (Å²) in [6.45, 7) is 1.25. The van der Waals surface area contributed by atoms with E-state index in [2.05, 4.69) is 19.5 Å². The number of carboxylic acids is 1. The number of aromatic carboxylic acids is 1. The van der Waals surface area contributed by atoms with Crippen LogP contribution < -0.4 is 15.0 Å². The SMILES string of the molecule is CC(=O)Nc1cc(Nc2ccc(C#N)cc2)ccc1[As](=O)(O)OO.O=C(O)c1cc2ccccc2[nH]1. The molecule has 0 aliphatic carbocycles. The van der Waals surface area contributed by atoms with E-state index >= 15 is 0 Å². The molecular weight excluding hydrogens is 531 g/mol. The average Bonchev–Trinajstić information content (AvgIpc) is 3.29. The molecule has 0 saturated heterocycles. The largest absolute Gasteiger partial charge is 0.477 e. The maximum Gasteiger partial charge on any atom is 0.352 e. The Hall–Kier alpha value is -4.33. The molecule has 1 aromatic heterocycles. The van der Waals surface area contributed by atoms with Crippen LogP contribution in [0.25, 0.3) is 10.9 Å². The van der Waals surface area contributed by atoms with Gasteiger partial charge in [-0.05, 0) is 12.1 Å². The van der Waals surface area contributed by atoms with Gasteiger partial charge in [-0.25, -0.2) is 4.79 Å². The Bertz CT molecular complexity index is 1460. The molecule has 3 aromatic carbocycles. The van der Waals surface area contributed by atoms with Crippen molar-refractivity contribution in [2.24, 2.45) is 0 Å². The van der Waals surface area contributed by atoms with Gasteiger partial charge in [0, 0.05) is 10.9 Å². The Morgan fingerprint density at radius 3 is 2.28 bits per heavy atom. The van der Waals surface area contributed by atoms with Crippen LogP contribution in [0.4, 0.5) is 17.1 Å². The van der Waals surface area contributed by atoms with E-state index in [9.17, 15) is 17.4 Å². The minimum atomic E-state index is -5.13. The Morgan fingerprint density at radius 2 is 1.69 bits per heavy atom. The summed E-state index contributed by atoms with van der Waals surface area (Å²) in [6, 6.07) is 22.0. The van der Waals surface area contributed by atoms with Gasteiger partial charge < -0.3 is 10.1 Å². The first kappa shape index (κ1) is 26.3. The fourth-order valence-corrected chi connectivity index (χ4v) is 4.80. The van der Waals surface area contributed by atoms with Crippen molar-refractivity contribution in [3.05, 3.63) is 84.1 Å². The third-order valence-corrected chi connectivity index (χ3v) is 7.35. The van der Waals surface area contributed by atoms with E-state index in [4.69, 9.17) is 15.6 Å². The molecule has 1 unspecified atom stereocenters. The van der Waals surface area contributed by atoms with Crippen LogP contribution >= 0.6 is 0 Å². The fraction of sp³-hybridized carbons (Fsp3) is 0.0417. The van der Waals surface area contributed by atoms with Crippen LogP contribution in [0.3, 0.4) is 0 Å². The number of anilines is 3. The number of nitrogens with zero attached hydrogens (tertiary/aromatic N) is 1. The molecule has 11 nitrogen and oxygen atoms in total. The number of hydrogen-bond acceptors (Lipinski definition) is 7. The van der Waals surface area contributed by atoms with Gasteiger partial charge in [-0.2, -0.15) is 0 Å². The van der Waals surface area contributed by atoms with Crippen molar-refractivity contribution < 1.29 is 31.7 Å². The van der Waals surface area contributed by atoms with Crippen molar-refractivity contribution in [3.63, 3.8) is 0 Å². The minimum Gasteiger partial charge on any atom is -0.477 e. The van der Waals surface area contributed by atoms with Gasteiger partial charge in [0.2, 0.25) is 0 Å². The first-order valence-electron chi connectivity index (χ1n) is 10.3. The van der Waals surface area contributed by atoms with Crippen LogP contribution in [0.2, 0.25) is 0 Å². The van der Waals surface area contributed by atoms with Crippen molar-refractivity contribution in [1.82, 2.24) is 4.98 Å². The van der Waals surface area contributed by atoms with Crippen molar-refractivity contribution in [2.45, 2.75) is 6.92 Å². The summed E-state index contributed by atoms with van der Waals surface area (Å²) in [5.41, 5.74) is 2.87.